The summed E-state index contributed by atoms with van der Waals surface area (Å²) >= 11 is 0. The number of carbonyl (C=O) groups excluding carboxylic acids is 1. The topological polar surface area (TPSA) is 56.5 Å². The molecule has 0 spiro atoms. The number of rotatable bonds is 2. The van der Waals surface area contributed by atoms with Gasteiger partial charge in [-0.05, 0) is 19.9 Å². The van der Waals surface area contributed by atoms with Gasteiger partial charge in [-0.25, -0.2) is 14.3 Å². The molecule has 0 atom stereocenters. The second-order valence-corrected chi connectivity index (χ2v) is 3.13. The van der Waals surface area contributed by atoms with Crippen LogP contribution in [0.5, 0.6) is 0 Å². The zero-order valence-electron chi connectivity index (χ0n) is 8.60. The van der Waals surface area contributed by atoms with Crippen molar-refractivity contribution in [2.75, 3.05) is 6.61 Å². The summed E-state index contributed by atoms with van der Waals surface area (Å²) in [5, 5.41) is 4.07. The van der Waals surface area contributed by atoms with E-state index in [-0.39, 0.29) is 0 Å². The molecular weight excluding hydrogens is 194 g/mol. The van der Waals surface area contributed by atoms with Crippen LogP contribution in [-0.4, -0.2) is 27.2 Å². The quantitative estimate of drug-likeness (QED) is 0.691. The van der Waals surface area contributed by atoms with Crippen molar-refractivity contribution in [2.45, 2.75) is 13.8 Å². The molecule has 0 bridgehead atoms. The first-order chi connectivity index (χ1) is 7.22. The number of esters is 1. The normalized spacial score (nSPS) is 10.5. The second-order valence-electron chi connectivity index (χ2n) is 3.13. The standard InChI is InChI=1S/C10H11N3O2/c1-3-15-10(14)8-4-5-13-9(12-8)7(2)6-11-13/h4-6H,3H2,1-2H3. The van der Waals surface area contributed by atoms with Crippen LogP contribution in [0, 0.1) is 6.92 Å². The fraction of sp³-hybridized carbons (Fsp3) is 0.300. The lowest BCUT2D eigenvalue weighted by molar-refractivity contribution is 0.0519. The lowest BCUT2D eigenvalue weighted by Gasteiger charge is -2.01. The molecule has 0 saturated heterocycles. The van der Waals surface area contributed by atoms with Crippen LogP contribution in [0.15, 0.2) is 18.5 Å². The fourth-order valence-electron chi connectivity index (χ4n) is 1.30. The van der Waals surface area contributed by atoms with Crippen LogP contribution in [0.3, 0.4) is 0 Å². The zero-order chi connectivity index (χ0) is 10.8. The average Bonchev–Trinajstić information content (AvgIpc) is 2.60. The molecule has 78 valence electrons. The second kappa shape index (κ2) is 3.68. The van der Waals surface area contributed by atoms with Crippen LogP contribution in [-0.2, 0) is 4.74 Å². The summed E-state index contributed by atoms with van der Waals surface area (Å²) in [5.74, 6) is -0.402. The highest BCUT2D eigenvalue weighted by Gasteiger charge is 2.10. The molecule has 0 aliphatic carbocycles. The molecule has 0 saturated carbocycles. The Balaban J connectivity index is 2.45. The highest BCUT2D eigenvalue weighted by molar-refractivity contribution is 5.87. The first kappa shape index (κ1) is 9.64. The van der Waals surface area contributed by atoms with Crippen LogP contribution < -0.4 is 0 Å². The van der Waals surface area contributed by atoms with E-state index in [1.165, 1.54) is 0 Å². The molecule has 0 N–H and O–H groups in total. The summed E-state index contributed by atoms with van der Waals surface area (Å²) < 4.78 is 6.49. The number of nitrogens with zero attached hydrogens (tertiary/aromatic N) is 3. The van der Waals surface area contributed by atoms with E-state index in [9.17, 15) is 4.79 Å². The van der Waals surface area contributed by atoms with E-state index in [0.29, 0.717) is 17.9 Å². The minimum atomic E-state index is -0.402. The highest BCUT2D eigenvalue weighted by Crippen LogP contribution is 2.07. The average molecular weight is 205 g/mol. The van der Waals surface area contributed by atoms with Gasteiger partial charge in [0.05, 0.1) is 12.8 Å². The smallest absolute Gasteiger partial charge is 0.357 e. The molecule has 2 rings (SSSR count). The molecular formula is C10H11N3O2. The van der Waals surface area contributed by atoms with Crippen LogP contribution >= 0.6 is 0 Å². The van der Waals surface area contributed by atoms with Gasteiger partial charge in [-0.2, -0.15) is 5.10 Å². The number of ether oxygens (including phenoxy) is 1. The van der Waals surface area contributed by atoms with Crippen LogP contribution in [0.2, 0.25) is 0 Å². The van der Waals surface area contributed by atoms with Crippen molar-refractivity contribution in [3.05, 3.63) is 29.7 Å². The molecule has 15 heavy (non-hydrogen) atoms. The highest BCUT2D eigenvalue weighted by atomic mass is 16.5. The van der Waals surface area contributed by atoms with Gasteiger partial charge in [0.25, 0.3) is 0 Å². The van der Waals surface area contributed by atoms with E-state index >= 15 is 0 Å². The minimum absolute atomic E-state index is 0.313. The van der Waals surface area contributed by atoms with Gasteiger partial charge >= 0.3 is 5.97 Å². The van der Waals surface area contributed by atoms with Gasteiger partial charge in [-0.3, -0.25) is 0 Å². The Kier molecular flexibility index (Phi) is 2.37. The number of carbonyl (C=O) groups is 1. The Morgan fingerprint density at radius 1 is 1.60 bits per heavy atom. The lowest BCUT2D eigenvalue weighted by Crippen LogP contribution is -2.08. The molecule has 0 radical (unpaired) electrons. The summed E-state index contributed by atoms with van der Waals surface area (Å²) in [4.78, 5) is 15.6. The van der Waals surface area contributed by atoms with Crippen molar-refractivity contribution >= 4 is 11.6 Å². The molecule has 2 heterocycles. The molecule has 5 nitrogen and oxygen atoms in total. The van der Waals surface area contributed by atoms with E-state index < -0.39 is 5.97 Å². The molecule has 0 aliphatic heterocycles. The molecule has 0 amide bonds. The Morgan fingerprint density at radius 3 is 3.13 bits per heavy atom. The van der Waals surface area contributed by atoms with Gasteiger partial charge in [0.1, 0.15) is 0 Å². The third-order valence-corrected chi connectivity index (χ3v) is 2.03. The molecule has 0 aliphatic rings. The van der Waals surface area contributed by atoms with Crippen molar-refractivity contribution in [2.24, 2.45) is 0 Å². The van der Waals surface area contributed by atoms with E-state index in [1.807, 2.05) is 6.92 Å². The zero-order valence-corrected chi connectivity index (χ0v) is 8.60. The first-order valence-corrected chi connectivity index (χ1v) is 4.70. The lowest BCUT2D eigenvalue weighted by atomic mass is 10.3. The number of hydrogen-bond acceptors (Lipinski definition) is 4. The minimum Gasteiger partial charge on any atom is -0.461 e. The maximum absolute atomic E-state index is 11.4. The van der Waals surface area contributed by atoms with Gasteiger partial charge in [0.2, 0.25) is 0 Å². The van der Waals surface area contributed by atoms with Crippen molar-refractivity contribution < 1.29 is 9.53 Å². The van der Waals surface area contributed by atoms with E-state index in [1.54, 1.807) is 29.9 Å². The van der Waals surface area contributed by atoms with Crippen LogP contribution in [0.1, 0.15) is 23.0 Å². The number of aromatic nitrogens is 3. The van der Waals surface area contributed by atoms with Crippen molar-refractivity contribution in [3.8, 4) is 0 Å². The first-order valence-electron chi connectivity index (χ1n) is 4.70. The Bertz CT molecular complexity index is 504. The summed E-state index contributed by atoms with van der Waals surface area (Å²) in [5.41, 5.74) is 1.93. The predicted octanol–water partition coefficient (Wildman–Crippen LogP) is 1.21. The van der Waals surface area contributed by atoms with E-state index in [0.717, 1.165) is 5.56 Å². The predicted molar refractivity (Wildman–Crippen MR) is 53.7 cm³/mol. The summed E-state index contributed by atoms with van der Waals surface area (Å²) in [6.45, 7) is 4.01. The van der Waals surface area contributed by atoms with Crippen LogP contribution in [0.4, 0.5) is 0 Å². The van der Waals surface area contributed by atoms with E-state index in [2.05, 4.69) is 10.1 Å². The third-order valence-electron chi connectivity index (χ3n) is 2.03. The van der Waals surface area contributed by atoms with Crippen LogP contribution in [0.25, 0.3) is 5.65 Å². The van der Waals surface area contributed by atoms with Crippen molar-refractivity contribution in [1.29, 1.82) is 0 Å². The maximum atomic E-state index is 11.4. The van der Waals surface area contributed by atoms with Gasteiger partial charge in [0, 0.05) is 11.8 Å². The molecule has 0 unspecified atom stereocenters. The van der Waals surface area contributed by atoms with Gasteiger partial charge in [-0.1, -0.05) is 0 Å². The summed E-state index contributed by atoms with van der Waals surface area (Å²) in [7, 11) is 0. The van der Waals surface area contributed by atoms with Gasteiger partial charge in [0.15, 0.2) is 11.3 Å². The maximum Gasteiger partial charge on any atom is 0.357 e. The Morgan fingerprint density at radius 2 is 2.40 bits per heavy atom. The number of aryl methyl sites for hydroxylation is 1. The van der Waals surface area contributed by atoms with Crippen molar-refractivity contribution in [1.82, 2.24) is 14.6 Å². The molecule has 2 aromatic heterocycles. The Labute approximate surface area is 86.7 Å². The molecule has 0 fully saturated rings. The summed E-state index contributed by atoms with van der Waals surface area (Å²) in [6, 6.07) is 1.59. The molecule has 0 aromatic carbocycles. The van der Waals surface area contributed by atoms with Gasteiger partial charge in [-0.15, -0.1) is 0 Å². The van der Waals surface area contributed by atoms with Gasteiger partial charge < -0.3 is 4.74 Å². The SMILES string of the molecule is CCOC(=O)c1ccn2ncc(C)c2n1. The Hall–Kier alpha value is -1.91. The number of fused-ring (bicyclic) bond motifs is 1. The largest absolute Gasteiger partial charge is 0.461 e. The van der Waals surface area contributed by atoms with Crippen molar-refractivity contribution in [3.63, 3.8) is 0 Å². The summed E-state index contributed by atoms with van der Waals surface area (Å²) in [6.07, 6.45) is 3.40. The third kappa shape index (κ3) is 1.68. The number of hydrogen-bond donors (Lipinski definition) is 0. The molecule has 2 aromatic rings. The molecule has 5 heteroatoms. The monoisotopic (exact) mass is 205 g/mol. The van der Waals surface area contributed by atoms with E-state index in [4.69, 9.17) is 4.74 Å². The fourth-order valence-corrected chi connectivity index (χ4v) is 1.30.